The van der Waals surface area contributed by atoms with Crippen LogP contribution in [0.25, 0.3) is 10.8 Å². The van der Waals surface area contributed by atoms with E-state index < -0.39 is 0 Å². The lowest BCUT2D eigenvalue weighted by atomic mass is 9.63. The fourth-order valence-electron chi connectivity index (χ4n) is 6.64. The molecule has 0 spiro atoms. The molecule has 2 unspecified atom stereocenters. The standard InChI is InChI=1S/C38H28N2/c1-3-12-29(13-4-1)40(30-14-5-2-6-15-30)36-25-21-28-18-22-32-35(24-20-27-19-23-33(36)38(28)37(27)32)39-34-17-9-11-26-10-7-8-16-31(26)34/h1-25,37-39H. The Balaban J connectivity index is 1.23. The van der Waals surface area contributed by atoms with E-state index in [2.05, 4.69) is 162 Å². The summed E-state index contributed by atoms with van der Waals surface area (Å²) in [7, 11) is 0. The summed E-state index contributed by atoms with van der Waals surface area (Å²) in [5.74, 6) is 0.542. The Hall–Kier alpha value is -5.08. The van der Waals surface area contributed by atoms with Gasteiger partial charge < -0.3 is 10.2 Å². The molecule has 1 N–H and O–H groups in total. The number of nitrogens with zero attached hydrogens (tertiary/aromatic N) is 1. The molecule has 4 aromatic rings. The third-order valence-corrected chi connectivity index (χ3v) is 8.44. The molecule has 4 aliphatic carbocycles. The fraction of sp³-hybridized carbons (Fsp3) is 0.0526. The Labute approximate surface area is 235 Å². The second-order valence-electron chi connectivity index (χ2n) is 10.7. The molecule has 4 aromatic carbocycles. The molecule has 0 aliphatic heterocycles. The van der Waals surface area contributed by atoms with Gasteiger partial charge in [0.1, 0.15) is 0 Å². The smallest absolute Gasteiger partial charge is 0.0500 e. The van der Waals surface area contributed by atoms with Crippen LogP contribution in [0.2, 0.25) is 0 Å². The zero-order valence-corrected chi connectivity index (χ0v) is 22.0. The van der Waals surface area contributed by atoms with Gasteiger partial charge in [-0.3, -0.25) is 0 Å². The molecule has 0 aromatic heterocycles. The molecule has 2 atom stereocenters. The number of para-hydroxylation sites is 2. The van der Waals surface area contributed by atoms with Crippen molar-refractivity contribution in [2.45, 2.75) is 0 Å². The molecular weight excluding hydrogens is 484 g/mol. The summed E-state index contributed by atoms with van der Waals surface area (Å²) >= 11 is 0. The molecule has 0 heterocycles. The molecule has 40 heavy (non-hydrogen) atoms. The highest BCUT2D eigenvalue weighted by molar-refractivity contribution is 5.94. The van der Waals surface area contributed by atoms with Gasteiger partial charge in [0.05, 0.1) is 0 Å². The minimum Gasteiger partial charge on any atom is -0.355 e. The van der Waals surface area contributed by atoms with Gasteiger partial charge in [-0.25, -0.2) is 0 Å². The molecule has 0 fully saturated rings. The second kappa shape index (κ2) is 9.29. The number of anilines is 3. The van der Waals surface area contributed by atoms with Gasteiger partial charge in [0.15, 0.2) is 0 Å². The Morgan fingerprint density at radius 2 is 1.18 bits per heavy atom. The highest BCUT2D eigenvalue weighted by Gasteiger charge is 2.41. The van der Waals surface area contributed by atoms with Crippen LogP contribution < -0.4 is 10.2 Å². The predicted molar refractivity (Wildman–Crippen MR) is 167 cm³/mol. The van der Waals surface area contributed by atoms with Crippen molar-refractivity contribution in [1.29, 1.82) is 0 Å². The minimum absolute atomic E-state index is 0.268. The van der Waals surface area contributed by atoms with Crippen LogP contribution in [0.3, 0.4) is 0 Å². The molecule has 0 bridgehead atoms. The van der Waals surface area contributed by atoms with E-state index in [9.17, 15) is 0 Å². The maximum Gasteiger partial charge on any atom is 0.0500 e. The summed E-state index contributed by atoms with van der Waals surface area (Å²) in [6.07, 6.45) is 18.5. The van der Waals surface area contributed by atoms with Crippen molar-refractivity contribution in [3.63, 3.8) is 0 Å². The molecule has 2 heteroatoms. The quantitative estimate of drug-likeness (QED) is 0.286. The molecule has 8 rings (SSSR count). The number of benzene rings is 4. The zero-order valence-electron chi connectivity index (χ0n) is 22.0. The summed E-state index contributed by atoms with van der Waals surface area (Å²) in [5, 5.41) is 6.30. The monoisotopic (exact) mass is 512 g/mol. The summed E-state index contributed by atoms with van der Waals surface area (Å²) in [6, 6.07) is 36.5. The third kappa shape index (κ3) is 3.65. The average Bonchev–Trinajstić information content (AvgIpc) is 3.02. The van der Waals surface area contributed by atoms with E-state index in [0.717, 1.165) is 17.1 Å². The summed E-state index contributed by atoms with van der Waals surface area (Å²) in [5.41, 5.74) is 11.3. The third-order valence-electron chi connectivity index (χ3n) is 8.44. The minimum atomic E-state index is 0.268. The van der Waals surface area contributed by atoms with E-state index in [0.29, 0.717) is 0 Å². The van der Waals surface area contributed by atoms with E-state index in [4.69, 9.17) is 0 Å². The number of nitrogens with one attached hydrogen (secondary N) is 1. The molecule has 4 aliphatic rings. The van der Waals surface area contributed by atoms with E-state index in [-0.39, 0.29) is 11.8 Å². The van der Waals surface area contributed by atoms with Crippen molar-refractivity contribution < 1.29 is 0 Å². The first-order chi connectivity index (χ1) is 19.8. The van der Waals surface area contributed by atoms with Crippen molar-refractivity contribution in [3.8, 4) is 0 Å². The molecule has 0 saturated carbocycles. The normalized spacial score (nSPS) is 20.3. The Morgan fingerprint density at radius 3 is 1.98 bits per heavy atom. The molecule has 0 radical (unpaired) electrons. The maximum atomic E-state index is 3.81. The van der Waals surface area contributed by atoms with Gasteiger partial charge in [0.2, 0.25) is 0 Å². The van der Waals surface area contributed by atoms with Gasteiger partial charge in [-0.1, -0.05) is 109 Å². The Morgan fingerprint density at radius 1 is 0.525 bits per heavy atom. The van der Waals surface area contributed by atoms with Gasteiger partial charge >= 0.3 is 0 Å². The molecule has 0 amide bonds. The van der Waals surface area contributed by atoms with E-state index in [1.165, 1.54) is 44.5 Å². The second-order valence-corrected chi connectivity index (χ2v) is 10.7. The number of hydrogen-bond donors (Lipinski definition) is 1. The summed E-state index contributed by atoms with van der Waals surface area (Å²) in [6.45, 7) is 0. The van der Waals surface area contributed by atoms with Gasteiger partial charge in [0, 0.05) is 45.7 Å². The Kier molecular flexibility index (Phi) is 5.31. The van der Waals surface area contributed by atoms with E-state index in [1.807, 2.05) is 0 Å². The van der Waals surface area contributed by atoms with Crippen LogP contribution in [0.1, 0.15) is 0 Å². The highest BCUT2D eigenvalue weighted by Crippen LogP contribution is 2.52. The number of hydrogen-bond acceptors (Lipinski definition) is 2. The lowest BCUT2D eigenvalue weighted by Gasteiger charge is -2.44. The van der Waals surface area contributed by atoms with Gasteiger partial charge in [-0.15, -0.1) is 0 Å². The van der Waals surface area contributed by atoms with E-state index >= 15 is 0 Å². The van der Waals surface area contributed by atoms with E-state index in [1.54, 1.807) is 0 Å². The van der Waals surface area contributed by atoms with Crippen LogP contribution in [-0.4, -0.2) is 0 Å². The lowest BCUT2D eigenvalue weighted by molar-refractivity contribution is 0.553. The number of fused-ring (bicyclic) bond motifs is 1. The first-order valence-corrected chi connectivity index (χ1v) is 13.9. The molecule has 0 saturated heterocycles. The topological polar surface area (TPSA) is 15.3 Å². The zero-order chi connectivity index (χ0) is 26.5. The number of allylic oxidation sites excluding steroid dienone is 12. The lowest BCUT2D eigenvalue weighted by Crippen LogP contribution is -2.34. The van der Waals surface area contributed by atoms with Crippen molar-refractivity contribution in [2.75, 3.05) is 10.2 Å². The van der Waals surface area contributed by atoms with Crippen molar-refractivity contribution in [1.82, 2.24) is 0 Å². The van der Waals surface area contributed by atoms with Crippen LogP contribution in [0.15, 0.2) is 185 Å². The first kappa shape index (κ1) is 22.9. The largest absolute Gasteiger partial charge is 0.355 e. The molecule has 190 valence electrons. The number of rotatable bonds is 5. The van der Waals surface area contributed by atoms with Crippen LogP contribution in [-0.2, 0) is 0 Å². The Bertz CT molecular complexity index is 1820. The van der Waals surface area contributed by atoms with Crippen molar-refractivity contribution in [3.05, 3.63) is 185 Å². The highest BCUT2D eigenvalue weighted by atomic mass is 15.2. The van der Waals surface area contributed by atoms with Crippen molar-refractivity contribution in [2.24, 2.45) is 11.8 Å². The van der Waals surface area contributed by atoms with Crippen LogP contribution in [0.4, 0.5) is 17.1 Å². The first-order valence-electron chi connectivity index (χ1n) is 13.9. The van der Waals surface area contributed by atoms with Gasteiger partial charge in [0.25, 0.3) is 0 Å². The fourth-order valence-corrected chi connectivity index (χ4v) is 6.64. The van der Waals surface area contributed by atoms with Crippen LogP contribution in [0, 0.1) is 11.8 Å². The summed E-state index contributed by atoms with van der Waals surface area (Å²) in [4.78, 5) is 2.40. The van der Waals surface area contributed by atoms with Crippen LogP contribution in [0.5, 0.6) is 0 Å². The molecular formula is C38H28N2. The molecule has 2 nitrogen and oxygen atoms in total. The average molecular weight is 513 g/mol. The SMILES string of the molecule is C1=CC2=C(Nc3cccc4ccccc34)C=CC3=CC=C4C(N(c5ccccc5)c5ccccc5)=CC=C1C4C32. The van der Waals surface area contributed by atoms with Gasteiger partial charge in [-0.05, 0) is 70.2 Å². The predicted octanol–water partition coefficient (Wildman–Crippen LogP) is 9.41. The van der Waals surface area contributed by atoms with Crippen molar-refractivity contribution >= 4 is 27.8 Å². The van der Waals surface area contributed by atoms with Crippen LogP contribution >= 0.6 is 0 Å². The maximum absolute atomic E-state index is 3.81. The van der Waals surface area contributed by atoms with Gasteiger partial charge in [-0.2, -0.15) is 0 Å². The summed E-state index contributed by atoms with van der Waals surface area (Å²) < 4.78 is 0.